The Balaban J connectivity index is 1.59. The molecule has 2 atom stereocenters. The van der Waals surface area contributed by atoms with Gasteiger partial charge in [0, 0.05) is 24.6 Å². The van der Waals surface area contributed by atoms with Crippen LogP contribution in [0.15, 0.2) is 67.1 Å². The second kappa shape index (κ2) is 8.11. The number of nitrogens with one attached hydrogen (secondary N) is 1. The third-order valence-electron chi connectivity index (χ3n) is 6.27. The van der Waals surface area contributed by atoms with Gasteiger partial charge in [-0.15, -0.1) is 0 Å². The Bertz CT molecular complexity index is 1030. The first-order chi connectivity index (χ1) is 14.8. The molecular formula is C24H26N4OS. The number of aromatic nitrogens is 2. The van der Waals surface area contributed by atoms with Crippen molar-refractivity contribution in [3.8, 4) is 5.75 Å². The molecule has 0 spiro atoms. The van der Waals surface area contributed by atoms with Gasteiger partial charge in [-0.1, -0.05) is 31.0 Å². The van der Waals surface area contributed by atoms with E-state index in [2.05, 4.69) is 50.4 Å². The lowest BCUT2D eigenvalue weighted by Gasteiger charge is -2.28. The van der Waals surface area contributed by atoms with E-state index in [1.807, 2.05) is 36.5 Å². The lowest BCUT2D eigenvalue weighted by molar-refractivity contribution is 0.414. The number of methoxy groups -OCH3 is 1. The smallest absolute Gasteiger partial charge is 0.174 e. The van der Waals surface area contributed by atoms with Crippen molar-refractivity contribution in [2.24, 2.45) is 0 Å². The highest BCUT2D eigenvalue weighted by atomic mass is 32.1. The molecule has 0 amide bonds. The van der Waals surface area contributed by atoms with Gasteiger partial charge in [-0.3, -0.25) is 4.98 Å². The Morgan fingerprint density at radius 2 is 1.87 bits per heavy atom. The zero-order chi connectivity index (χ0) is 20.5. The van der Waals surface area contributed by atoms with Gasteiger partial charge in [0.2, 0.25) is 0 Å². The summed E-state index contributed by atoms with van der Waals surface area (Å²) in [4.78, 5) is 6.82. The molecule has 1 aliphatic carbocycles. The number of thiocarbonyl (C=S) groups is 1. The summed E-state index contributed by atoms with van der Waals surface area (Å²) in [7, 11) is 1.70. The van der Waals surface area contributed by atoms with Crippen LogP contribution in [0, 0.1) is 0 Å². The summed E-state index contributed by atoms with van der Waals surface area (Å²) in [5, 5.41) is 4.22. The first kappa shape index (κ1) is 19.1. The zero-order valence-corrected chi connectivity index (χ0v) is 17.9. The van der Waals surface area contributed by atoms with Gasteiger partial charge >= 0.3 is 0 Å². The Labute approximate surface area is 182 Å². The third kappa shape index (κ3) is 3.35. The first-order valence-corrected chi connectivity index (χ1v) is 11.0. The van der Waals surface area contributed by atoms with E-state index >= 15 is 0 Å². The minimum absolute atomic E-state index is 0.00801. The largest absolute Gasteiger partial charge is 0.495 e. The Morgan fingerprint density at radius 3 is 2.63 bits per heavy atom. The molecule has 1 saturated heterocycles. The van der Waals surface area contributed by atoms with Crippen LogP contribution in [-0.4, -0.2) is 21.8 Å². The Kier molecular flexibility index (Phi) is 5.17. The van der Waals surface area contributed by atoms with Crippen LogP contribution < -0.4 is 15.0 Å². The summed E-state index contributed by atoms with van der Waals surface area (Å²) in [6, 6.07) is 16.9. The van der Waals surface area contributed by atoms with E-state index in [1.54, 1.807) is 7.11 Å². The normalized spacial score (nSPS) is 21.8. The summed E-state index contributed by atoms with van der Waals surface area (Å²) < 4.78 is 8.06. The van der Waals surface area contributed by atoms with Gasteiger partial charge in [-0.25, -0.2) is 0 Å². The molecule has 0 bridgehead atoms. The molecule has 30 heavy (non-hydrogen) atoms. The van der Waals surface area contributed by atoms with Crippen molar-refractivity contribution in [1.82, 2.24) is 14.9 Å². The molecule has 2 aliphatic rings. The maximum Gasteiger partial charge on any atom is 0.174 e. The fourth-order valence-corrected chi connectivity index (χ4v) is 5.16. The van der Waals surface area contributed by atoms with Gasteiger partial charge in [-0.2, -0.15) is 0 Å². The molecule has 0 radical (unpaired) electrons. The Hall–Kier alpha value is -2.86. The maximum atomic E-state index is 5.82. The van der Waals surface area contributed by atoms with Gasteiger partial charge in [-0.05, 0) is 61.0 Å². The molecule has 3 heterocycles. The SMILES string of the molecule is COc1ccccc1N1C(=S)NC(c2ccccn2)C1c1ccn(C2CCCC2)c1. The number of rotatable bonds is 5. The summed E-state index contributed by atoms with van der Waals surface area (Å²) >= 11 is 5.82. The van der Waals surface area contributed by atoms with E-state index < -0.39 is 0 Å². The highest BCUT2D eigenvalue weighted by Gasteiger charge is 2.42. The number of ether oxygens (including phenoxy) is 1. The van der Waals surface area contributed by atoms with Crippen LogP contribution in [0.2, 0.25) is 0 Å². The number of anilines is 1. The number of pyridine rings is 1. The number of para-hydroxylation sites is 2. The average molecular weight is 419 g/mol. The quantitative estimate of drug-likeness (QED) is 0.578. The van der Waals surface area contributed by atoms with Crippen LogP contribution in [0.1, 0.15) is 55.1 Å². The molecule has 2 unspecified atom stereocenters. The van der Waals surface area contributed by atoms with Crippen molar-refractivity contribution in [2.75, 3.05) is 12.0 Å². The molecule has 3 aromatic rings. The molecule has 1 aromatic carbocycles. The fourth-order valence-electron chi connectivity index (χ4n) is 4.82. The van der Waals surface area contributed by atoms with Crippen molar-refractivity contribution in [2.45, 2.75) is 43.8 Å². The fraction of sp³-hybridized carbons (Fsp3) is 0.333. The van der Waals surface area contributed by atoms with E-state index in [0.717, 1.165) is 17.1 Å². The van der Waals surface area contributed by atoms with Crippen molar-refractivity contribution >= 4 is 23.0 Å². The minimum atomic E-state index is -0.0389. The molecule has 2 fully saturated rings. The lowest BCUT2D eigenvalue weighted by Crippen LogP contribution is -2.29. The predicted molar refractivity (Wildman–Crippen MR) is 123 cm³/mol. The van der Waals surface area contributed by atoms with Gasteiger partial charge in [0.25, 0.3) is 0 Å². The molecule has 154 valence electrons. The van der Waals surface area contributed by atoms with Crippen LogP contribution in [0.25, 0.3) is 0 Å². The lowest BCUT2D eigenvalue weighted by atomic mass is 9.98. The monoisotopic (exact) mass is 418 g/mol. The third-order valence-corrected chi connectivity index (χ3v) is 6.58. The topological polar surface area (TPSA) is 42.3 Å². The van der Waals surface area contributed by atoms with Crippen molar-refractivity contribution in [3.63, 3.8) is 0 Å². The molecular weight excluding hydrogens is 392 g/mol. The van der Waals surface area contributed by atoms with Crippen LogP contribution in [0.3, 0.4) is 0 Å². The van der Waals surface area contributed by atoms with Crippen molar-refractivity contribution < 1.29 is 4.74 Å². The summed E-state index contributed by atoms with van der Waals surface area (Å²) in [5.74, 6) is 0.809. The zero-order valence-electron chi connectivity index (χ0n) is 17.1. The molecule has 2 aromatic heterocycles. The van der Waals surface area contributed by atoms with Crippen LogP contribution in [-0.2, 0) is 0 Å². The van der Waals surface area contributed by atoms with Gasteiger partial charge in [0.05, 0.1) is 30.6 Å². The summed E-state index contributed by atoms with van der Waals surface area (Å²) in [6.07, 6.45) is 11.5. The second-order valence-electron chi connectivity index (χ2n) is 8.00. The van der Waals surface area contributed by atoms with Crippen LogP contribution in [0.5, 0.6) is 5.75 Å². The Morgan fingerprint density at radius 1 is 1.07 bits per heavy atom. The van der Waals surface area contributed by atoms with E-state index in [-0.39, 0.29) is 12.1 Å². The number of hydrogen-bond donors (Lipinski definition) is 1. The summed E-state index contributed by atoms with van der Waals surface area (Å²) in [6.45, 7) is 0. The molecule has 1 saturated carbocycles. The van der Waals surface area contributed by atoms with Crippen LogP contribution in [0.4, 0.5) is 5.69 Å². The molecule has 6 heteroatoms. The average Bonchev–Trinajstić information content (AvgIpc) is 3.53. The van der Waals surface area contributed by atoms with E-state index in [4.69, 9.17) is 17.0 Å². The van der Waals surface area contributed by atoms with Gasteiger partial charge in [0.1, 0.15) is 5.75 Å². The second-order valence-corrected chi connectivity index (χ2v) is 8.39. The van der Waals surface area contributed by atoms with Crippen LogP contribution >= 0.6 is 12.2 Å². The molecule has 1 aliphatic heterocycles. The maximum absolute atomic E-state index is 5.82. The van der Waals surface area contributed by atoms with Gasteiger partial charge in [0.15, 0.2) is 5.11 Å². The summed E-state index contributed by atoms with van der Waals surface area (Å²) in [5.41, 5.74) is 3.18. The molecule has 5 nitrogen and oxygen atoms in total. The highest BCUT2D eigenvalue weighted by Crippen LogP contribution is 2.44. The van der Waals surface area contributed by atoms with E-state index in [1.165, 1.54) is 31.2 Å². The number of hydrogen-bond acceptors (Lipinski definition) is 3. The van der Waals surface area contributed by atoms with Crippen molar-refractivity contribution in [1.29, 1.82) is 0 Å². The van der Waals surface area contributed by atoms with E-state index in [0.29, 0.717) is 11.2 Å². The predicted octanol–water partition coefficient (Wildman–Crippen LogP) is 5.18. The van der Waals surface area contributed by atoms with Gasteiger partial charge < -0.3 is 19.5 Å². The minimum Gasteiger partial charge on any atom is -0.495 e. The standard InChI is InChI=1S/C24H26N4OS/c1-29-21-12-5-4-11-20(21)28-23(17-13-15-27(16-17)18-8-2-3-9-18)22(26-24(28)30)19-10-6-7-14-25-19/h4-7,10-16,18,22-23H,2-3,8-9H2,1H3,(H,26,30). The van der Waals surface area contributed by atoms with E-state index in [9.17, 15) is 0 Å². The van der Waals surface area contributed by atoms with Crippen molar-refractivity contribution in [3.05, 3.63) is 78.4 Å². The number of benzene rings is 1. The molecule has 1 N–H and O–H groups in total. The number of nitrogens with zero attached hydrogens (tertiary/aromatic N) is 3. The highest BCUT2D eigenvalue weighted by molar-refractivity contribution is 7.80. The first-order valence-electron chi connectivity index (χ1n) is 10.6. The molecule has 5 rings (SSSR count).